The summed E-state index contributed by atoms with van der Waals surface area (Å²) in [6, 6.07) is 5.94. The molecule has 2 aromatic rings. The molecule has 2 rings (SSSR count). The number of rotatable bonds is 4. The summed E-state index contributed by atoms with van der Waals surface area (Å²) >= 11 is 0. The molecule has 0 amide bonds. The Morgan fingerprint density at radius 1 is 1.33 bits per heavy atom. The van der Waals surface area contributed by atoms with E-state index in [-0.39, 0.29) is 5.82 Å². The maximum atomic E-state index is 13.9. The van der Waals surface area contributed by atoms with Gasteiger partial charge in [-0.15, -0.1) is 0 Å². The van der Waals surface area contributed by atoms with Crippen molar-refractivity contribution in [2.75, 3.05) is 7.11 Å². The average molecular weight is 249 g/mol. The van der Waals surface area contributed by atoms with Crippen LogP contribution in [0.15, 0.2) is 34.9 Å². The Balaban J connectivity index is 2.37. The first-order valence-corrected chi connectivity index (χ1v) is 5.82. The molecule has 0 saturated heterocycles. The largest absolute Gasteiger partial charge is 0.497 e. The maximum Gasteiger partial charge on any atom is 0.132 e. The zero-order valence-electron chi connectivity index (χ0n) is 10.4. The van der Waals surface area contributed by atoms with Gasteiger partial charge >= 0.3 is 0 Å². The maximum absolute atomic E-state index is 13.9. The number of nitrogens with two attached hydrogens (primary N) is 1. The summed E-state index contributed by atoms with van der Waals surface area (Å²) in [5.74, 6) is 0.897. The predicted molar refractivity (Wildman–Crippen MR) is 67.1 cm³/mol. The average Bonchev–Trinajstić information content (AvgIpc) is 2.86. The molecule has 18 heavy (non-hydrogen) atoms. The quantitative estimate of drug-likeness (QED) is 0.906. The van der Waals surface area contributed by atoms with Gasteiger partial charge in [-0.1, -0.05) is 13.0 Å². The molecule has 0 fully saturated rings. The summed E-state index contributed by atoms with van der Waals surface area (Å²) < 4.78 is 24.2. The van der Waals surface area contributed by atoms with Gasteiger partial charge in [-0.25, -0.2) is 4.39 Å². The third-order valence-corrected chi connectivity index (χ3v) is 2.98. The number of halogens is 1. The van der Waals surface area contributed by atoms with Crippen LogP contribution in [0, 0.1) is 5.82 Å². The van der Waals surface area contributed by atoms with E-state index in [9.17, 15) is 4.39 Å². The fraction of sp³-hybridized carbons (Fsp3) is 0.286. The summed E-state index contributed by atoms with van der Waals surface area (Å²) in [4.78, 5) is 0. The molecule has 1 unspecified atom stereocenters. The second-order valence-corrected chi connectivity index (χ2v) is 4.02. The van der Waals surface area contributed by atoms with E-state index in [2.05, 4.69) is 0 Å². The molecule has 96 valence electrons. The highest BCUT2D eigenvalue weighted by atomic mass is 19.1. The van der Waals surface area contributed by atoms with Crippen molar-refractivity contribution in [3.8, 4) is 5.75 Å². The van der Waals surface area contributed by atoms with E-state index >= 15 is 0 Å². The molecule has 1 aromatic carbocycles. The Hall–Kier alpha value is -1.81. The Kier molecular flexibility index (Phi) is 3.67. The third-order valence-electron chi connectivity index (χ3n) is 2.98. The van der Waals surface area contributed by atoms with Gasteiger partial charge in [-0.2, -0.15) is 0 Å². The normalized spacial score (nSPS) is 12.4. The molecular weight excluding hydrogens is 233 g/mol. The van der Waals surface area contributed by atoms with Crippen LogP contribution in [0.5, 0.6) is 5.75 Å². The molecule has 0 bridgehead atoms. The Morgan fingerprint density at radius 3 is 2.72 bits per heavy atom. The van der Waals surface area contributed by atoms with E-state index in [1.54, 1.807) is 24.5 Å². The van der Waals surface area contributed by atoms with Gasteiger partial charge in [0.1, 0.15) is 17.3 Å². The third kappa shape index (κ3) is 2.24. The van der Waals surface area contributed by atoms with Crippen LogP contribution in [0.25, 0.3) is 0 Å². The van der Waals surface area contributed by atoms with E-state index in [0.29, 0.717) is 11.3 Å². The highest BCUT2D eigenvalue weighted by molar-refractivity contribution is 5.37. The zero-order valence-corrected chi connectivity index (χ0v) is 10.4. The van der Waals surface area contributed by atoms with Crippen molar-refractivity contribution in [3.05, 3.63) is 53.2 Å². The number of benzene rings is 1. The number of hydrogen-bond donors (Lipinski definition) is 1. The van der Waals surface area contributed by atoms with Crippen molar-refractivity contribution in [2.45, 2.75) is 19.4 Å². The number of aryl methyl sites for hydroxylation is 1. The summed E-state index contributed by atoms with van der Waals surface area (Å²) in [6.45, 7) is 1.97. The highest BCUT2D eigenvalue weighted by Gasteiger charge is 2.18. The van der Waals surface area contributed by atoms with Crippen molar-refractivity contribution in [2.24, 2.45) is 5.73 Å². The Bertz CT molecular complexity index is 536. The van der Waals surface area contributed by atoms with Crippen molar-refractivity contribution >= 4 is 0 Å². The first-order chi connectivity index (χ1) is 8.67. The van der Waals surface area contributed by atoms with Crippen molar-refractivity contribution in [3.63, 3.8) is 0 Å². The standard InChI is InChI=1S/C14H16FNO2/c1-3-13-11(6-7-18-13)14(16)10-5-4-9(17-2)8-12(10)15/h4-8,14H,3,16H2,1-2H3. The van der Waals surface area contributed by atoms with E-state index < -0.39 is 6.04 Å². The van der Waals surface area contributed by atoms with Crippen LogP contribution in [0.3, 0.4) is 0 Å². The fourth-order valence-corrected chi connectivity index (χ4v) is 1.97. The zero-order chi connectivity index (χ0) is 13.1. The van der Waals surface area contributed by atoms with Crippen LogP contribution in [0.4, 0.5) is 4.39 Å². The molecule has 0 aliphatic rings. The second kappa shape index (κ2) is 5.23. The van der Waals surface area contributed by atoms with Gasteiger partial charge in [-0.05, 0) is 12.1 Å². The van der Waals surface area contributed by atoms with Crippen molar-refractivity contribution < 1.29 is 13.5 Å². The molecule has 1 heterocycles. The fourth-order valence-electron chi connectivity index (χ4n) is 1.97. The summed E-state index contributed by atoms with van der Waals surface area (Å²) in [5, 5.41) is 0. The molecule has 3 nitrogen and oxygen atoms in total. The van der Waals surface area contributed by atoms with Gasteiger partial charge in [0.25, 0.3) is 0 Å². The lowest BCUT2D eigenvalue weighted by Crippen LogP contribution is -2.14. The highest BCUT2D eigenvalue weighted by Crippen LogP contribution is 2.28. The lowest BCUT2D eigenvalue weighted by Gasteiger charge is -2.13. The number of ether oxygens (including phenoxy) is 1. The Morgan fingerprint density at radius 2 is 2.11 bits per heavy atom. The lowest BCUT2D eigenvalue weighted by atomic mass is 9.98. The molecule has 0 aliphatic carbocycles. The van der Waals surface area contributed by atoms with Crippen molar-refractivity contribution in [1.29, 1.82) is 0 Å². The van der Waals surface area contributed by atoms with Gasteiger partial charge in [0.05, 0.1) is 19.4 Å². The second-order valence-electron chi connectivity index (χ2n) is 4.02. The van der Waals surface area contributed by atoms with E-state index in [1.807, 2.05) is 6.92 Å². The number of furan rings is 1. The van der Waals surface area contributed by atoms with E-state index in [1.165, 1.54) is 13.2 Å². The van der Waals surface area contributed by atoms with Gasteiger partial charge in [0.2, 0.25) is 0 Å². The van der Waals surface area contributed by atoms with Crippen LogP contribution < -0.4 is 10.5 Å². The van der Waals surface area contributed by atoms with E-state index in [4.69, 9.17) is 14.9 Å². The van der Waals surface area contributed by atoms with Gasteiger partial charge in [0, 0.05) is 23.6 Å². The number of methoxy groups -OCH3 is 1. The van der Waals surface area contributed by atoms with Crippen LogP contribution in [-0.4, -0.2) is 7.11 Å². The monoisotopic (exact) mass is 249 g/mol. The van der Waals surface area contributed by atoms with Crippen LogP contribution in [0.2, 0.25) is 0 Å². The first kappa shape index (κ1) is 12.6. The van der Waals surface area contributed by atoms with Crippen LogP contribution in [0.1, 0.15) is 29.9 Å². The van der Waals surface area contributed by atoms with Gasteiger partial charge in [0.15, 0.2) is 0 Å². The molecule has 1 atom stereocenters. The molecule has 0 aliphatic heterocycles. The van der Waals surface area contributed by atoms with Crippen LogP contribution in [-0.2, 0) is 6.42 Å². The van der Waals surface area contributed by atoms with Crippen LogP contribution >= 0.6 is 0 Å². The minimum atomic E-state index is -0.524. The number of hydrogen-bond acceptors (Lipinski definition) is 3. The molecule has 2 N–H and O–H groups in total. The van der Waals surface area contributed by atoms with E-state index in [0.717, 1.165) is 17.7 Å². The summed E-state index contributed by atoms with van der Waals surface area (Å²) in [5.41, 5.74) is 7.35. The molecule has 4 heteroatoms. The van der Waals surface area contributed by atoms with Gasteiger partial charge in [-0.3, -0.25) is 0 Å². The lowest BCUT2D eigenvalue weighted by molar-refractivity contribution is 0.410. The SMILES string of the molecule is CCc1occc1C(N)c1ccc(OC)cc1F. The Labute approximate surface area is 105 Å². The van der Waals surface area contributed by atoms with Crippen molar-refractivity contribution in [1.82, 2.24) is 0 Å². The molecule has 0 radical (unpaired) electrons. The molecular formula is C14H16FNO2. The minimum Gasteiger partial charge on any atom is -0.497 e. The molecule has 0 spiro atoms. The topological polar surface area (TPSA) is 48.4 Å². The molecule has 0 saturated carbocycles. The van der Waals surface area contributed by atoms with Gasteiger partial charge < -0.3 is 14.9 Å². The minimum absolute atomic E-state index is 0.370. The smallest absolute Gasteiger partial charge is 0.132 e. The predicted octanol–water partition coefficient (Wildman–Crippen LogP) is 3.04. The molecule has 1 aromatic heterocycles. The summed E-state index contributed by atoms with van der Waals surface area (Å²) in [7, 11) is 1.50. The first-order valence-electron chi connectivity index (χ1n) is 5.82. The summed E-state index contributed by atoms with van der Waals surface area (Å²) in [6.07, 6.45) is 2.31.